The number of guanidine groups is 1. The molecule has 0 aliphatic heterocycles. The van der Waals surface area contributed by atoms with E-state index in [2.05, 4.69) is 65.6 Å². The van der Waals surface area contributed by atoms with Gasteiger partial charge in [-0.2, -0.15) is 5.10 Å². The lowest BCUT2D eigenvalue weighted by molar-refractivity contribution is 0.489. The number of halogens is 1. The second-order valence-corrected chi connectivity index (χ2v) is 6.75. The van der Waals surface area contributed by atoms with Gasteiger partial charge in [0.05, 0.1) is 6.54 Å². The van der Waals surface area contributed by atoms with Crippen LogP contribution in [0.2, 0.25) is 0 Å². The number of nitrogens with one attached hydrogen (secondary N) is 3. The molecule has 7 heteroatoms. The first kappa shape index (κ1) is 22.4. The van der Waals surface area contributed by atoms with E-state index in [9.17, 15) is 0 Å². The molecule has 0 fully saturated rings. The molecule has 3 N–H and O–H groups in total. The average molecular weight is 470 g/mol. The highest BCUT2D eigenvalue weighted by Crippen LogP contribution is 2.16. The zero-order valence-corrected chi connectivity index (χ0v) is 18.5. The van der Waals surface area contributed by atoms with Gasteiger partial charge in [0.1, 0.15) is 6.33 Å². The predicted octanol–water partition coefficient (Wildman–Crippen LogP) is 3.97. The minimum atomic E-state index is 0. The van der Waals surface area contributed by atoms with Gasteiger partial charge in [-0.3, -0.25) is 5.10 Å². The number of aromatic amines is 1. The fraction of sp³-hybridized carbons (Fsp3) is 0.526. The van der Waals surface area contributed by atoms with Crippen molar-refractivity contribution in [1.82, 2.24) is 25.8 Å². The SMILES string of the molecule is CCNC(=NCc1cccc(-c2ncn[nH]2)c1)NC(C)CCC(C)C.I. The first-order valence-electron chi connectivity index (χ1n) is 9.08. The Labute approximate surface area is 173 Å². The van der Waals surface area contributed by atoms with Gasteiger partial charge in [-0.25, -0.2) is 9.98 Å². The largest absolute Gasteiger partial charge is 0.357 e. The van der Waals surface area contributed by atoms with Crippen molar-refractivity contribution in [2.45, 2.75) is 53.1 Å². The Morgan fingerprint density at radius 1 is 1.23 bits per heavy atom. The average Bonchev–Trinajstić information content (AvgIpc) is 3.13. The van der Waals surface area contributed by atoms with Crippen molar-refractivity contribution < 1.29 is 0 Å². The quantitative estimate of drug-likeness (QED) is 0.310. The molecule has 1 atom stereocenters. The summed E-state index contributed by atoms with van der Waals surface area (Å²) in [7, 11) is 0. The molecule has 1 unspecified atom stereocenters. The Kier molecular flexibility index (Phi) is 10.2. The monoisotopic (exact) mass is 470 g/mol. The van der Waals surface area contributed by atoms with Gasteiger partial charge in [0.2, 0.25) is 0 Å². The fourth-order valence-electron chi connectivity index (χ4n) is 2.54. The van der Waals surface area contributed by atoms with Gasteiger partial charge in [0.25, 0.3) is 0 Å². The van der Waals surface area contributed by atoms with Crippen molar-refractivity contribution in [3.8, 4) is 11.4 Å². The van der Waals surface area contributed by atoms with Crippen LogP contribution in [0.1, 0.15) is 46.1 Å². The topological polar surface area (TPSA) is 78.0 Å². The number of hydrogen-bond acceptors (Lipinski definition) is 3. The summed E-state index contributed by atoms with van der Waals surface area (Å²) in [6, 6.07) is 8.62. The Hall–Kier alpha value is -1.64. The van der Waals surface area contributed by atoms with Gasteiger partial charge >= 0.3 is 0 Å². The molecule has 144 valence electrons. The summed E-state index contributed by atoms with van der Waals surface area (Å²) in [5.74, 6) is 2.37. The number of hydrogen-bond donors (Lipinski definition) is 3. The number of benzene rings is 1. The van der Waals surface area contributed by atoms with Gasteiger partial charge in [0, 0.05) is 18.2 Å². The minimum Gasteiger partial charge on any atom is -0.357 e. The van der Waals surface area contributed by atoms with E-state index in [1.54, 1.807) is 0 Å². The summed E-state index contributed by atoms with van der Waals surface area (Å²) in [5.41, 5.74) is 2.16. The fourth-order valence-corrected chi connectivity index (χ4v) is 2.54. The van der Waals surface area contributed by atoms with Gasteiger partial charge in [0.15, 0.2) is 11.8 Å². The van der Waals surface area contributed by atoms with Crippen molar-refractivity contribution in [1.29, 1.82) is 0 Å². The highest BCUT2D eigenvalue weighted by molar-refractivity contribution is 14.0. The zero-order valence-electron chi connectivity index (χ0n) is 16.1. The normalized spacial score (nSPS) is 12.6. The number of aromatic nitrogens is 3. The molecule has 0 spiro atoms. The molecule has 6 nitrogen and oxygen atoms in total. The third kappa shape index (κ3) is 7.72. The van der Waals surface area contributed by atoms with Crippen LogP contribution in [-0.2, 0) is 6.54 Å². The van der Waals surface area contributed by atoms with Crippen LogP contribution in [-0.4, -0.2) is 33.7 Å². The van der Waals surface area contributed by atoms with Crippen LogP contribution in [0.25, 0.3) is 11.4 Å². The lowest BCUT2D eigenvalue weighted by atomic mass is 10.0. The Bertz CT molecular complexity index is 654. The van der Waals surface area contributed by atoms with E-state index in [-0.39, 0.29) is 24.0 Å². The molecule has 26 heavy (non-hydrogen) atoms. The van der Waals surface area contributed by atoms with Crippen LogP contribution in [0.15, 0.2) is 35.6 Å². The molecule has 2 aromatic rings. The summed E-state index contributed by atoms with van der Waals surface area (Å²) < 4.78 is 0. The zero-order chi connectivity index (χ0) is 18.1. The molecule has 1 aromatic carbocycles. The lowest BCUT2D eigenvalue weighted by Crippen LogP contribution is -2.42. The highest BCUT2D eigenvalue weighted by Gasteiger charge is 2.07. The summed E-state index contributed by atoms with van der Waals surface area (Å²) >= 11 is 0. The van der Waals surface area contributed by atoms with Crippen molar-refractivity contribution in [3.63, 3.8) is 0 Å². The molecular formula is C19H31IN6. The van der Waals surface area contributed by atoms with E-state index in [4.69, 9.17) is 4.99 Å². The van der Waals surface area contributed by atoms with Crippen LogP contribution >= 0.6 is 24.0 Å². The van der Waals surface area contributed by atoms with Gasteiger partial charge < -0.3 is 10.6 Å². The maximum atomic E-state index is 4.72. The minimum absolute atomic E-state index is 0. The maximum absolute atomic E-state index is 4.72. The standard InChI is InChI=1S/C19H30N6.HI/c1-5-20-19(24-15(4)10-9-14(2)3)21-12-16-7-6-8-17(11-16)18-22-13-23-25-18;/h6-8,11,13-15H,5,9-10,12H2,1-4H3,(H2,20,21,24)(H,22,23,25);1H. The van der Waals surface area contributed by atoms with Crippen LogP contribution in [0.5, 0.6) is 0 Å². The van der Waals surface area contributed by atoms with Crippen LogP contribution in [0, 0.1) is 5.92 Å². The molecule has 1 heterocycles. The third-order valence-corrected chi connectivity index (χ3v) is 3.94. The lowest BCUT2D eigenvalue weighted by Gasteiger charge is -2.18. The van der Waals surface area contributed by atoms with Crippen molar-refractivity contribution in [3.05, 3.63) is 36.2 Å². The molecule has 1 aromatic heterocycles. The molecule has 0 saturated carbocycles. The number of H-pyrrole nitrogens is 1. The molecular weight excluding hydrogens is 439 g/mol. The Balaban J connectivity index is 0.00000338. The van der Waals surface area contributed by atoms with Gasteiger partial charge in [-0.1, -0.05) is 32.0 Å². The van der Waals surface area contributed by atoms with Crippen molar-refractivity contribution in [2.24, 2.45) is 10.9 Å². The van der Waals surface area contributed by atoms with Gasteiger partial charge in [-0.05, 0) is 44.2 Å². The second-order valence-electron chi connectivity index (χ2n) is 6.75. The van der Waals surface area contributed by atoms with E-state index in [0.717, 1.165) is 41.8 Å². The summed E-state index contributed by atoms with van der Waals surface area (Å²) in [5, 5.41) is 13.6. The van der Waals surface area contributed by atoms with E-state index in [0.29, 0.717) is 12.6 Å². The van der Waals surface area contributed by atoms with E-state index < -0.39 is 0 Å². The predicted molar refractivity (Wildman–Crippen MR) is 119 cm³/mol. The number of aliphatic imine (C=N–C) groups is 1. The molecule has 0 radical (unpaired) electrons. The molecule has 0 aliphatic carbocycles. The van der Waals surface area contributed by atoms with E-state index >= 15 is 0 Å². The van der Waals surface area contributed by atoms with Crippen LogP contribution in [0.4, 0.5) is 0 Å². The second kappa shape index (κ2) is 11.9. The smallest absolute Gasteiger partial charge is 0.191 e. The number of nitrogens with zero attached hydrogens (tertiary/aromatic N) is 3. The maximum Gasteiger partial charge on any atom is 0.191 e. The molecule has 0 amide bonds. The van der Waals surface area contributed by atoms with Crippen LogP contribution in [0.3, 0.4) is 0 Å². The van der Waals surface area contributed by atoms with E-state index in [1.165, 1.54) is 12.7 Å². The molecule has 2 rings (SSSR count). The number of rotatable bonds is 8. The van der Waals surface area contributed by atoms with Crippen LogP contribution < -0.4 is 10.6 Å². The molecule has 0 aliphatic rings. The van der Waals surface area contributed by atoms with Crippen molar-refractivity contribution in [2.75, 3.05) is 6.54 Å². The van der Waals surface area contributed by atoms with E-state index in [1.807, 2.05) is 12.1 Å². The molecule has 0 saturated heterocycles. The highest BCUT2D eigenvalue weighted by atomic mass is 127. The van der Waals surface area contributed by atoms with Gasteiger partial charge in [-0.15, -0.1) is 24.0 Å². The third-order valence-electron chi connectivity index (χ3n) is 3.94. The Morgan fingerprint density at radius 3 is 2.69 bits per heavy atom. The Morgan fingerprint density at radius 2 is 2.04 bits per heavy atom. The first-order chi connectivity index (χ1) is 12.1. The summed E-state index contributed by atoms with van der Waals surface area (Å²) in [4.78, 5) is 8.92. The summed E-state index contributed by atoms with van der Waals surface area (Å²) in [6.07, 6.45) is 3.88. The summed E-state index contributed by atoms with van der Waals surface area (Å²) in [6.45, 7) is 10.3. The molecule has 0 bridgehead atoms. The first-order valence-corrected chi connectivity index (χ1v) is 9.08. The van der Waals surface area contributed by atoms with Crippen molar-refractivity contribution >= 4 is 29.9 Å².